The van der Waals surface area contributed by atoms with Crippen LogP contribution in [0.5, 0.6) is 5.75 Å². The molecule has 1 heterocycles. The van der Waals surface area contributed by atoms with Gasteiger partial charge in [-0.1, -0.05) is 17.7 Å². The van der Waals surface area contributed by atoms with Gasteiger partial charge in [-0.25, -0.2) is 0 Å². The van der Waals surface area contributed by atoms with Crippen molar-refractivity contribution < 1.29 is 28.7 Å². The molecule has 1 aliphatic heterocycles. The Labute approximate surface area is 151 Å². The van der Waals surface area contributed by atoms with Crippen molar-refractivity contribution in [2.24, 2.45) is 5.73 Å². The van der Waals surface area contributed by atoms with Gasteiger partial charge in [-0.2, -0.15) is 0 Å². The van der Waals surface area contributed by atoms with Crippen LogP contribution in [-0.2, 0) is 19.1 Å². The van der Waals surface area contributed by atoms with E-state index < -0.39 is 29.6 Å². The van der Waals surface area contributed by atoms with Crippen LogP contribution in [-0.4, -0.2) is 48.2 Å². The van der Waals surface area contributed by atoms with Gasteiger partial charge in [0.25, 0.3) is 17.1 Å². The molecule has 132 valence electrons. The molecule has 0 saturated carbocycles. The van der Waals surface area contributed by atoms with E-state index in [2.05, 4.69) is 4.74 Å². The summed E-state index contributed by atoms with van der Waals surface area (Å²) >= 11 is 6.75. The second kappa shape index (κ2) is 8.04. The van der Waals surface area contributed by atoms with Crippen LogP contribution in [0.2, 0.25) is 5.02 Å². The molecule has 0 unspecified atom stereocenters. The van der Waals surface area contributed by atoms with E-state index in [0.29, 0.717) is 17.3 Å². The number of nitrogens with zero attached hydrogens (tertiary/aromatic N) is 1. The fourth-order valence-electron chi connectivity index (χ4n) is 1.85. The van der Waals surface area contributed by atoms with Crippen LogP contribution in [0.4, 0.5) is 4.79 Å². The SMILES string of the molecule is COC(=O)CN1C(=O)S/C(=C\c2ccc(OCC(N)=O)c(Cl)c2)C1=O. The van der Waals surface area contributed by atoms with E-state index in [0.717, 1.165) is 4.90 Å². The van der Waals surface area contributed by atoms with E-state index in [1.807, 2.05) is 0 Å². The van der Waals surface area contributed by atoms with E-state index in [9.17, 15) is 19.2 Å². The summed E-state index contributed by atoms with van der Waals surface area (Å²) in [5, 5.41) is -0.349. The Hall–Kier alpha value is -2.52. The molecule has 3 amide bonds. The molecule has 1 fully saturated rings. The molecule has 1 saturated heterocycles. The van der Waals surface area contributed by atoms with E-state index in [-0.39, 0.29) is 22.3 Å². The molecule has 0 aromatic heterocycles. The quantitative estimate of drug-likeness (QED) is 0.582. The van der Waals surface area contributed by atoms with Crippen LogP contribution in [0.15, 0.2) is 23.1 Å². The van der Waals surface area contributed by atoms with Crippen molar-refractivity contribution in [2.45, 2.75) is 0 Å². The summed E-state index contributed by atoms with van der Waals surface area (Å²) in [5.74, 6) is -1.66. The van der Waals surface area contributed by atoms with Crippen LogP contribution in [0.25, 0.3) is 6.08 Å². The third-order valence-corrected chi connectivity index (χ3v) is 4.21. The van der Waals surface area contributed by atoms with Gasteiger partial charge in [-0.15, -0.1) is 0 Å². The molecule has 2 N–H and O–H groups in total. The molecule has 8 nitrogen and oxygen atoms in total. The standard InChI is InChI=1S/C15H13ClN2O6S/c1-23-13(20)6-18-14(21)11(25-15(18)22)5-8-2-3-10(9(16)4-8)24-7-12(17)19/h2-5H,6-7H2,1H3,(H2,17,19)/b11-5-. The first-order chi connectivity index (χ1) is 11.8. The van der Waals surface area contributed by atoms with Crippen molar-refractivity contribution in [3.8, 4) is 5.75 Å². The van der Waals surface area contributed by atoms with Gasteiger partial charge in [0.2, 0.25) is 0 Å². The van der Waals surface area contributed by atoms with Crippen LogP contribution >= 0.6 is 23.4 Å². The minimum Gasteiger partial charge on any atom is -0.482 e. The Morgan fingerprint density at radius 2 is 2.08 bits per heavy atom. The molecular weight excluding hydrogens is 372 g/mol. The summed E-state index contributed by atoms with van der Waals surface area (Å²) in [6, 6.07) is 4.61. The molecule has 0 spiro atoms. The first kappa shape index (κ1) is 18.8. The molecular formula is C15H13ClN2O6S. The van der Waals surface area contributed by atoms with Crippen molar-refractivity contribution in [2.75, 3.05) is 20.3 Å². The van der Waals surface area contributed by atoms with Crippen LogP contribution in [0.3, 0.4) is 0 Å². The third-order valence-electron chi connectivity index (χ3n) is 3.01. The normalized spacial score (nSPS) is 15.6. The number of carbonyl (C=O) groups excluding carboxylic acids is 4. The molecule has 1 aliphatic rings. The van der Waals surface area contributed by atoms with Gasteiger partial charge in [0, 0.05) is 0 Å². The number of hydrogen-bond acceptors (Lipinski definition) is 7. The fraction of sp³-hybridized carbons (Fsp3) is 0.200. The molecule has 10 heteroatoms. The number of rotatable bonds is 6. The maximum atomic E-state index is 12.2. The zero-order valence-electron chi connectivity index (χ0n) is 13.0. The highest BCUT2D eigenvalue weighted by molar-refractivity contribution is 8.18. The number of amides is 3. The van der Waals surface area contributed by atoms with E-state index in [4.69, 9.17) is 22.1 Å². The lowest BCUT2D eigenvalue weighted by atomic mass is 10.2. The Balaban J connectivity index is 2.16. The smallest absolute Gasteiger partial charge is 0.325 e. The molecule has 0 aliphatic carbocycles. The molecule has 0 bridgehead atoms. The van der Waals surface area contributed by atoms with Crippen molar-refractivity contribution in [3.63, 3.8) is 0 Å². The molecule has 0 radical (unpaired) electrons. The van der Waals surface area contributed by atoms with E-state index in [1.165, 1.54) is 25.3 Å². The molecule has 1 aromatic rings. The zero-order chi connectivity index (χ0) is 18.6. The summed E-state index contributed by atoms with van der Waals surface area (Å²) in [7, 11) is 1.17. The molecule has 25 heavy (non-hydrogen) atoms. The number of ether oxygens (including phenoxy) is 2. The van der Waals surface area contributed by atoms with Gasteiger partial charge in [-0.05, 0) is 35.5 Å². The van der Waals surface area contributed by atoms with Gasteiger partial charge < -0.3 is 15.2 Å². The van der Waals surface area contributed by atoms with Crippen molar-refractivity contribution >= 4 is 52.5 Å². The average Bonchev–Trinajstić information content (AvgIpc) is 2.81. The number of halogens is 1. The van der Waals surface area contributed by atoms with Gasteiger partial charge in [-0.3, -0.25) is 24.1 Å². The number of esters is 1. The van der Waals surface area contributed by atoms with E-state index in [1.54, 1.807) is 6.07 Å². The Morgan fingerprint density at radius 1 is 1.36 bits per heavy atom. The molecule has 2 rings (SSSR count). The summed E-state index contributed by atoms with van der Waals surface area (Å²) in [6.45, 7) is -0.759. The van der Waals surface area contributed by atoms with Gasteiger partial charge in [0.05, 0.1) is 17.0 Å². The van der Waals surface area contributed by atoms with Crippen LogP contribution < -0.4 is 10.5 Å². The number of primary amides is 1. The topological polar surface area (TPSA) is 116 Å². The lowest BCUT2D eigenvalue weighted by molar-refractivity contribution is -0.143. The monoisotopic (exact) mass is 384 g/mol. The second-order valence-corrected chi connectivity index (χ2v) is 6.19. The van der Waals surface area contributed by atoms with Crippen LogP contribution in [0.1, 0.15) is 5.56 Å². The van der Waals surface area contributed by atoms with Gasteiger partial charge >= 0.3 is 5.97 Å². The Kier molecular flexibility index (Phi) is 6.05. The average molecular weight is 385 g/mol. The Morgan fingerprint density at radius 3 is 2.68 bits per heavy atom. The summed E-state index contributed by atoms with van der Waals surface area (Å²) < 4.78 is 9.57. The summed E-state index contributed by atoms with van der Waals surface area (Å²) in [6.07, 6.45) is 1.46. The van der Waals surface area contributed by atoms with Crippen molar-refractivity contribution in [3.05, 3.63) is 33.7 Å². The highest BCUT2D eigenvalue weighted by Crippen LogP contribution is 2.33. The predicted octanol–water partition coefficient (Wildman–Crippen LogP) is 1.41. The largest absolute Gasteiger partial charge is 0.482 e. The fourth-order valence-corrected chi connectivity index (χ4v) is 2.94. The highest BCUT2D eigenvalue weighted by atomic mass is 35.5. The lowest BCUT2D eigenvalue weighted by Gasteiger charge is -2.09. The summed E-state index contributed by atoms with van der Waals surface area (Å²) in [5.41, 5.74) is 5.53. The maximum absolute atomic E-state index is 12.2. The molecule has 1 aromatic carbocycles. The number of hydrogen-bond donors (Lipinski definition) is 1. The predicted molar refractivity (Wildman–Crippen MR) is 90.8 cm³/mol. The lowest BCUT2D eigenvalue weighted by Crippen LogP contribution is -2.34. The molecule has 0 atom stereocenters. The first-order valence-electron chi connectivity index (χ1n) is 6.84. The van der Waals surface area contributed by atoms with E-state index >= 15 is 0 Å². The number of imide groups is 1. The summed E-state index contributed by atoms with van der Waals surface area (Å²) in [4.78, 5) is 47.0. The maximum Gasteiger partial charge on any atom is 0.325 e. The number of methoxy groups -OCH3 is 1. The zero-order valence-corrected chi connectivity index (χ0v) is 14.6. The van der Waals surface area contributed by atoms with Gasteiger partial charge in [0.1, 0.15) is 12.3 Å². The van der Waals surface area contributed by atoms with Gasteiger partial charge in [0.15, 0.2) is 6.61 Å². The number of thioether (sulfide) groups is 1. The number of carbonyl (C=O) groups is 4. The Bertz CT molecular complexity index is 779. The van der Waals surface area contributed by atoms with Crippen molar-refractivity contribution in [1.82, 2.24) is 4.90 Å². The minimum absolute atomic E-state index is 0.149. The second-order valence-electron chi connectivity index (χ2n) is 4.79. The third kappa shape index (κ3) is 4.74. The van der Waals surface area contributed by atoms with Crippen LogP contribution in [0, 0.1) is 0 Å². The van der Waals surface area contributed by atoms with Crippen molar-refractivity contribution in [1.29, 1.82) is 0 Å². The highest BCUT2D eigenvalue weighted by Gasteiger charge is 2.36. The number of benzene rings is 1. The number of nitrogens with two attached hydrogens (primary N) is 1. The first-order valence-corrected chi connectivity index (χ1v) is 8.04. The minimum atomic E-state index is -0.692.